The van der Waals surface area contributed by atoms with Crippen LogP contribution in [0.1, 0.15) is 23.6 Å². The van der Waals surface area contributed by atoms with E-state index in [2.05, 4.69) is 50.4 Å². The molecular formula is C18H22ClNO. The Morgan fingerprint density at radius 3 is 2.52 bits per heavy atom. The predicted octanol–water partition coefficient (Wildman–Crippen LogP) is 4.74. The molecule has 0 spiro atoms. The Balaban J connectivity index is 2.44. The molecule has 0 fully saturated rings. The molecule has 2 aromatic rings. The van der Waals surface area contributed by atoms with Crippen molar-refractivity contribution < 1.29 is 4.74 Å². The number of rotatable bonds is 5. The van der Waals surface area contributed by atoms with Crippen molar-refractivity contribution in [2.75, 3.05) is 13.7 Å². The molecule has 0 aliphatic rings. The lowest BCUT2D eigenvalue weighted by molar-refractivity contribution is 0.411. The second kappa shape index (κ2) is 6.97. The van der Waals surface area contributed by atoms with Crippen LogP contribution in [0.3, 0.4) is 0 Å². The fourth-order valence-electron chi connectivity index (χ4n) is 2.46. The molecule has 0 bridgehead atoms. The minimum Gasteiger partial charge on any atom is -0.496 e. The first-order valence-electron chi connectivity index (χ1n) is 7.21. The highest BCUT2D eigenvalue weighted by Crippen LogP contribution is 2.32. The Morgan fingerprint density at radius 1 is 1.10 bits per heavy atom. The van der Waals surface area contributed by atoms with Crippen molar-refractivity contribution in [2.45, 2.75) is 27.3 Å². The fraction of sp³-hybridized carbons (Fsp3) is 0.333. The molecule has 0 saturated heterocycles. The van der Waals surface area contributed by atoms with Gasteiger partial charge in [-0.25, -0.2) is 0 Å². The topological polar surface area (TPSA) is 21.3 Å². The lowest BCUT2D eigenvalue weighted by Gasteiger charge is -2.13. The molecule has 0 heterocycles. The first-order chi connectivity index (χ1) is 10.1. The van der Waals surface area contributed by atoms with E-state index < -0.39 is 0 Å². The van der Waals surface area contributed by atoms with Crippen LogP contribution in [-0.2, 0) is 6.54 Å². The van der Waals surface area contributed by atoms with Crippen LogP contribution in [0.5, 0.6) is 5.75 Å². The van der Waals surface area contributed by atoms with Crippen LogP contribution in [0.2, 0.25) is 5.02 Å². The van der Waals surface area contributed by atoms with Crippen molar-refractivity contribution >= 4 is 11.6 Å². The number of hydrogen-bond acceptors (Lipinski definition) is 2. The third-order valence-electron chi connectivity index (χ3n) is 3.66. The van der Waals surface area contributed by atoms with Crippen molar-refractivity contribution in [1.82, 2.24) is 5.32 Å². The van der Waals surface area contributed by atoms with Crippen LogP contribution in [-0.4, -0.2) is 13.7 Å². The zero-order chi connectivity index (χ0) is 15.4. The van der Waals surface area contributed by atoms with Gasteiger partial charge in [-0.2, -0.15) is 0 Å². The molecule has 0 amide bonds. The van der Waals surface area contributed by atoms with Gasteiger partial charge < -0.3 is 10.1 Å². The average molecular weight is 304 g/mol. The van der Waals surface area contributed by atoms with Crippen molar-refractivity contribution in [3.8, 4) is 16.9 Å². The van der Waals surface area contributed by atoms with Gasteiger partial charge in [0.05, 0.1) is 7.11 Å². The molecule has 0 unspecified atom stereocenters. The average Bonchev–Trinajstić information content (AvgIpc) is 2.48. The largest absolute Gasteiger partial charge is 0.496 e. The molecule has 2 nitrogen and oxygen atoms in total. The van der Waals surface area contributed by atoms with E-state index in [0.717, 1.165) is 35.0 Å². The van der Waals surface area contributed by atoms with Gasteiger partial charge in [0, 0.05) is 11.6 Å². The lowest BCUT2D eigenvalue weighted by atomic mass is 9.96. The van der Waals surface area contributed by atoms with E-state index in [-0.39, 0.29) is 0 Å². The Morgan fingerprint density at radius 2 is 1.86 bits per heavy atom. The Labute approximate surface area is 132 Å². The van der Waals surface area contributed by atoms with Crippen LogP contribution in [0.25, 0.3) is 11.1 Å². The maximum atomic E-state index is 6.28. The van der Waals surface area contributed by atoms with Gasteiger partial charge in [0.2, 0.25) is 0 Å². The summed E-state index contributed by atoms with van der Waals surface area (Å²) < 4.78 is 5.38. The van der Waals surface area contributed by atoms with Gasteiger partial charge in [0.15, 0.2) is 0 Å². The van der Waals surface area contributed by atoms with E-state index in [1.54, 1.807) is 7.11 Å². The second-order valence-corrected chi connectivity index (χ2v) is 5.63. The summed E-state index contributed by atoms with van der Waals surface area (Å²) in [5.41, 5.74) is 5.89. The third-order valence-corrected chi connectivity index (χ3v) is 4.03. The molecule has 1 N–H and O–H groups in total. The summed E-state index contributed by atoms with van der Waals surface area (Å²) in [5, 5.41) is 4.13. The molecule has 0 aromatic heterocycles. The van der Waals surface area contributed by atoms with E-state index in [1.807, 2.05) is 6.07 Å². The normalized spacial score (nSPS) is 10.7. The first-order valence-corrected chi connectivity index (χ1v) is 7.59. The fourth-order valence-corrected chi connectivity index (χ4v) is 2.64. The van der Waals surface area contributed by atoms with Crippen LogP contribution in [0, 0.1) is 13.8 Å². The Hall–Kier alpha value is -1.51. The number of nitrogens with one attached hydrogen (secondary N) is 1. The summed E-state index contributed by atoms with van der Waals surface area (Å²) in [6, 6.07) is 10.5. The van der Waals surface area contributed by atoms with Crippen LogP contribution >= 0.6 is 11.6 Å². The minimum atomic E-state index is 0.789. The van der Waals surface area contributed by atoms with Crippen molar-refractivity contribution in [1.29, 1.82) is 0 Å². The molecule has 0 radical (unpaired) electrons. The summed E-state index contributed by atoms with van der Waals surface area (Å²) in [6.07, 6.45) is 0. The number of halogens is 1. The Kier molecular flexibility index (Phi) is 5.27. The molecular weight excluding hydrogens is 282 g/mol. The van der Waals surface area contributed by atoms with E-state index in [4.69, 9.17) is 16.3 Å². The van der Waals surface area contributed by atoms with Crippen LogP contribution in [0.4, 0.5) is 0 Å². The number of ether oxygens (including phenoxy) is 1. The van der Waals surface area contributed by atoms with Crippen LogP contribution < -0.4 is 10.1 Å². The molecule has 112 valence electrons. The molecule has 0 aliphatic carbocycles. The van der Waals surface area contributed by atoms with Gasteiger partial charge >= 0.3 is 0 Å². The molecule has 21 heavy (non-hydrogen) atoms. The van der Waals surface area contributed by atoms with E-state index in [9.17, 15) is 0 Å². The van der Waals surface area contributed by atoms with Gasteiger partial charge in [-0.05, 0) is 72.5 Å². The zero-order valence-electron chi connectivity index (χ0n) is 13.1. The molecule has 0 saturated carbocycles. The molecule has 0 atom stereocenters. The van der Waals surface area contributed by atoms with E-state index >= 15 is 0 Å². The monoisotopic (exact) mass is 303 g/mol. The number of aryl methyl sites for hydroxylation is 2. The van der Waals surface area contributed by atoms with Gasteiger partial charge in [-0.3, -0.25) is 0 Å². The molecule has 2 aromatic carbocycles. The number of methoxy groups -OCH3 is 1. The SMILES string of the molecule is CCNCc1cc(-c2cc(C)c(OC)cc2C)ccc1Cl. The Bertz CT molecular complexity index is 637. The lowest BCUT2D eigenvalue weighted by Crippen LogP contribution is -2.12. The highest BCUT2D eigenvalue weighted by molar-refractivity contribution is 6.31. The second-order valence-electron chi connectivity index (χ2n) is 5.22. The molecule has 0 aliphatic heterocycles. The van der Waals surface area contributed by atoms with E-state index in [0.29, 0.717) is 0 Å². The number of benzene rings is 2. The third kappa shape index (κ3) is 3.58. The summed E-state index contributed by atoms with van der Waals surface area (Å²) in [7, 11) is 1.71. The summed E-state index contributed by atoms with van der Waals surface area (Å²) in [6.45, 7) is 7.99. The van der Waals surface area contributed by atoms with Gasteiger partial charge in [-0.15, -0.1) is 0 Å². The summed E-state index contributed by atoms with van der Waals surface area (Å²) >= 11 is 6.28. The number of hydrogen-bond donors (Lipinski definition) is 1. The standard InChI is InChI=1S/C18H22ClNO/c1-5-20-11-15-10-14(6-7-17(15)19)16-8-13(3)18(21-4)9-12(16)2/h6-10,20H,5,11H2,1-4H3. The predicted molar refractivity (Wildman–Crippen MR) is 90.3 cm³/mol. The smallest absolute Gasteiger partial charge is 0.122 e. The minimum absolute atomic E-state index is 0.789. The van der Waals surface area contributed by atoms with Crippen molar-refractivity contribution in [3.05, 3.63) is 52.0 Å². The van der Waals surface area contributed by atoms with Gasteiger partial charge in [-0.1, -0.05) is 24.6 Å². The van der Waals surface area contributed by atoms with Crippen LogP contribution in [0.15, 0.2) is 30.3 Å². The van der Waals surface area contributed by atoms with Crippen molar-refractivity contribution in [2.24, 2.45) is 0 Å². The van der Waals surface area contributed by atoms with Crippen molar-refractivity contribution in [3.63, 3.8) is 0 Å². The summed E-state index contributed by atoms with van der Waals surface area (Å²) in [5.74, 6) is 0.929. The maximum Gasteiger partial charge on any atom is 0.122 e. The summed E-state index contributed by atoms with van der Waals surface area (Å²) in [4.78, 5) is 0. The van der Waals surface area contributed by atoms with E-state index in [1.165, 1.54) is 16.7 Å². The zero-order valence-corrected chi connectivity index (χ0v) is 13.8. The first kappa shape index (κ1) is 15.9. The molecule has 2 rings (SSSR count). The maximum absolute atomic E-state index is 6.28. The van der Waals surface area contributed by atoms with Gasteiger partial charge in [0.25, 0.3) is 0 Å². The van der Waals surface area contributed by atoms with Gasteiger partial charge in [0.1, 0.15) is 5.75 Å². The highest BCUT2D eigenvalue weighted by atomic mass is 35.5. The molecule has 3 heteroatoms. The highest BCUT2D eigenvalue weighted by Gasteiger charge is 2.09. The quantitative estimate of drug-likeness (QED) is 0.861.